The average Bonchev–Trinajstić information content (AvgIpc) is 0.942. The van der Waals surface area contributed by atoms with Crippen LogP contribution in [0, 0.1) is 11.8 Å². The van der Waals surface area contributed by atoms with Crippen LogP contribution in [0.25, 0.3) is 0 Å². The van der Waals surface area contributed by atoms with Crippen LogP contribution in [0.15, 0.2) is 0 Å². The fraction of sp³-hybridized carbons (Fsp3) is 0.952. The summed E-state index contributed by atoms with van der Waals surface area (Å²) in [5, 5.41) is 10.6. The molecule has 0 aliphatic carbocycles. The van der Waals surface area contributed by atoms with Gasteiger partial charge in [-0.1, -0.05) is 388 Å². The molecule has 0 saturated heterocycles. The lowest BCUT2D eigenvalue weighted by molar-refractivity contribution is -0.161. The van der Waals surface area contributed by atoms with E-state index in [-0.39, 0.29) is 25.7 Å². The number of aliphatic hydroxyl groups excluding tert-OH is 1. The molecule has 17 nitrogen and oxygen atoms in total. The van der Waals surface area contributed by atoms with Crippen molar-refractivity contribution in [1.82, 2.24) is 0 Å². The van der Waals surface area contributed by atoms with Crippen LogP contribution in [0.2, 0.25) is 0 Å². The highest BCUT2D eigenvalue weighted by atomic mass is 31.2. The molecule has 0 saturated carbocycles. The summed E-state index contributed by atoms with van der Waals surface area (Å²) in [4.78, 5) is 72.9. The number of hydrogen-bond donors (Lipinski definition) is 3. The van der Waals surface area contributed by atoms with Crippen LogP contribution < -0.4 is 0 Å². The van der Waals surface area contributed by atoms with Gasteiger partial charge in [0.05, 0.1) is 26.4 Å². The van der Waals surface area contributed by atoms with Crippen molar-refractivity contribution >= 4 is 39.5 Å². The molecule has 0 bridgehead atoms. The van der Waals surface area contributed by atoms with E-state index in [2.05, 4.69) is 41.5 Å². The smallest absolute Gasteiger partial charge is 0.462 e. The molecular weight excluding hydrogens is 1330 g/mol. The summed E-state index contributed by atoms with van der Waals surface area (Å²) in [6.45, 7) is 9.64. The number of carbonyl (C=O) groups is 4. The van der Waals surface area contributed by atoms with Gasteiger partial charge in [0.2, 0.25) is 0 Å². The van der Waals surface area contributed by atoms with E-state index in [0.29, 0.717) is 25.7 Å². The van der Waals surface area contributed by atoms with Gasteiger partial charge in [0.1, 0.15) is 19.3 Å². The number of ether oxygens (including phenoxy) is 4. The molecule has 606 valence electrons. The molecule has 0 spiro atoms. The van der Waals surface area contributed by atoms with Crippen molar-refractivity contribution < 1.29 is 80.2 Å². The van der Waals surface area contributed by atoms with Gasteiger partial charge in [-0.25, -0.2) is 9.13 Å². The third-order valence-corrected chi connectivity index (χ3v) is 21.4. The van der Waals surface area contributed by atoms with Crippen molar-refractivity contribution in [3.8, 4) is 0 Å². The number of unbranched alkanes of at least 4 members (excludes halogenated alkanes) is 52. The van der Waals surface area contributed by atoms with Crippen LogP contribution in [0.5, 0.6) is 0 Å². The normalized spacial score (nSPS) is 13.9. The van der Waals surface area contributed by atoms with E-state index in [4.69, 9.17) is 37.0 Å². The number of hydrogen-bond acceptors (Lipinski definition) is 15. The Morgan fingerprint density at radius 1 is 0.265 bits per heavy atom. The van der Waals surface area contributed by atoms with Gasteiger partial charge in [0.15, 0.2) is 12.2 Å². The third-order valence-electron chi connectivity index (χ3n) is 19.5. The van der Waals surface area contributed by atoms with Gasteiger partial charge in [-0.3, -0.25) is 37.3 Å². The monoisotopic (exact) mass is 1490 g/mol. The number of rotatable bonds is 82. The molecule has 0 rings (SSSR count). The Kier molecular flexibility index (Phi) is 73.1. The fourth-order valence-corrected chi connectivity index (χ4v) is 14.5. The largest absolute Gasteiger partial charge is 0.472 e. The summed E-state index contributed by atoms with van der Waals surface area (Å²) in [5.41, 5.74) is 0. The van der Waals surface area contributed by atoms with Crippen LogP contribution in [-0.4, -0.2) is 96.7 Å². The second-order valence-corrected chi connectivity index (χ2v) is 33.7. The molecule has 3 N–H and O–H groups in total. The van der Waals surface area contributed by atoms with Crippen molar-refractivity contribution in [2.75, 3.05) is 39.6 Å². The average molecular weight is 1490 g/mol. The summed E-state index contributed by atoms with van der Waals surface area (Å²) in [6, 6.07) is 0. The van der Waals surface area contributed by atoms with E-state index >= 15 is 0 Å². The van der Waals surface area contributed by atoms with E-state index in [1.165, 1.54) is 244 Å². The Bertz CT molecular complexity index is 1960. The highest BCUT2D eigenvalue weighted by molar-refractivity contribution is 7.47. The molecule has 0 aromatic rings. The first-order valence-corrected chi connectivity index (χ1v) is 46.0. The number of esters is 4. The number of phosphoric ester groups is 2. The SMILES string of the molecule is CCCCCCCCCCCCCCCCCCCCCCCCC(=O)O[C@H](COC(=O)CCCCCCCCCCCCCCCCC(C)C)COP(=O)(O)OC[C@@H](O)COP(=O)(O)OC[C@@H](COC(=O)CCCCCCCCC)OC(=O)CCCCCCCCCCCCCCCC(C)C. The zero-order chi connectivity index (χ0) is 74.9. The predicted molar refractivity (Wildman–Crippen MR) is 418 cm³/mol. The van der Waals surface area contributed by atoms with Gasteiger partial charge in [-0.2, -0.15) is 0 Å². The number of aliphatic hydroxyl groups is 1. The standard InChI is InChI=1S/C83H162O17P2/c1-7-9-11-13-15-16-17-18-19-20-21-22-23-24-25-26-33-38-43-49-55-61-67-83(88)100-79(72-94-81(86)66-60-54-48-42-37-32-28-27-30-35-40-46-51-57-63-75(3)4)74-98-102(91,92)96-70-77(84)69-95-101(89,90)97-73-78(71-93-80(85)65-59-53-45-14-12-10-8-2)99-82(87)68-62-56-50-44-39-34-29-31-36-41-47-52-58-64-76(5)6/h75-79,84H,7-74H2,1-6H3,(H,89,90)(H,91,92)/t77-,78+,79+/m0/s1. The van der Waals surface area contributed by atoms with Gasteiger partial charge in [-0.15, -0.1) is 0 Å². The topological polar surface area (TPSA) is 237 Å². The Hall–Kier alpha value is -1.94. The van der Waals surface area contributed by atoms with Crippen LogP contribution in [0.4, 0.5) is 0 Å². The second-order valence-electron chi connectivity index (χ2n) is 30.8. The van der Waals surface area contributed by atoms with Crippen molar-refractivity contribution in [3.63, 3.8) is 0 Å². The second kappa shape index (κ2) is 74.5. The van der Waals surface area contributed by atoms with Crippen molar-refractivity contribution in [2.24, 2.45) is 11.8 Å². The lowest BCUT2D eigenvalue weighted by Gasteiger charge is -2.21. The van der Waals surface area contributed by atoms with E-state index in [9.17, 15) is 43.2 Å². The maximum atomic E-state index is 13.1. The number of phosphoric acid groups is 2. The molecule has 5 atom stereocenters. The van der Waals surface area contributed by atoms with Gasteiger partial charge in [-0.05, 0) is 37.5 Å². The van der Waals surface area contributed by atoms with Gasteiger partial charge in [0, 0.05) is 25.7 Å². The molecular formula is C83H162O17P2. The van der Waals surface area contributed by atoms with Crippen LogP contribution in [0.1, 0.15) is 440 Å². The highest BCUT2D eigenvalue weighted by Crippen LogP contribution is 2.45. The minimum absolute atomic E-state index is 0.107. The van der Waals surface area contributed by atoms with Crippen LogP contribution >= 0.6 is 15.6 Å². The summed E-state index contributed by atoms with van der Waals surface area (Å²) >= 11 is 0. The molecule has 0 fully saturated rings. The Morgan fingerprint density at radius 2 is 0.451 bits per heavy atom. The summed E-state index contributed by atoms with van der Waals surface area (Å²) in [6.07, 6.45) is 65.5. The zero-order valence-corrected chi connectivity index (χ0v) is 68.7. The lowest BCUT2D eigenvalue weighted by Crippen LogP contribution is -2.30. The molecule has 0 aromatic heterocycles. The molecule has 19 heteroatoms. The van der Waals surface area contributed by atoms with Crippen molar-refractivity contribution in [2.45, 2.75) is 458 Å². The molecule has 0 amide bonds. The first-order valence-electron chi connectivity index (χ1n) is 43.0. The number of carbonyl (C=O) groups excluding carboxylic acids is 4. The molecule has 102 heavy (non-hydrogen) atoms. The zero-order valence-electron chi connectivity index (χ0n) is 66.9. The Balaban J connectivity index is 5.16. The van der Waals surface area contributed by atoms with E-state index in [0.717, 1.165) is 115 Å². The summed E-state index contributed by atoms with van der Waals surface area (Å²) in [7, 11) is -9.92. The molecule has 2 unspecified atom stereocenters. The fourth-order valence-electron chi connectivity index (χ4n) is 12.9. The quantitative estimate of drug-likeness (QED) is 0.0222. The van der Waals surface area contributed by atoms with E-state index < -0.39 is 97.5 Å². The minimum Gasteiger partial charge on any atom is -0.462 e. The molecule has 0 radical (unpaired) electrons. The van der Waals surface area contributed by atoms with Gasteiger partial charge >= 0.3 is 39.5 Å². The highest BCUT2D eigenvalue weighted by Gasteiger charge is 2.30. The first kappa shape index (κ1) is 100. The third kappa shape index (κ3) is 76.3. The van der Waals surface area contributed by atoms with E-state index in [1.54, 1.807) is 0 Å². The molecule has 0 aliphatic rings. The summed E-state index contributed by atoms with van der Waals surface area (Å²) in [5.74, 6) is -0.526. The van der Waals surface area contributed by atoms with Gasteiger partial charge in [0.25, 0.3) is 0 Å². The van der Waals surface area contributed by atoms with Crippen LogP contribution in [0.3, 0.4) is 0 Å². The van der Waals surface area contributed by atoms with Gasteiger partial charge < -0.3 is 33.8 Å². The molecule has 0 aliphatic heterocycles. The molecule has 0 heterocycles. The van der Waals surface area contributed by atoms with E-state index in [1.807, 2.05) is 0 Å². The maximum absolute atomic E-state index is 13.1. The van der Waals surface area contributed by atoms with Crippen molar-refractivity contribution in [1.29, 1.82) is 0 Å². The Labute approximate surface area is 626 Å². The lowest BCUT2D eigenvalue weighted by atomic mass is 10.0. The molecule has 0 aromatic carbocycles. The minimum atomic E-state index is -4.96. The Morgan fingerprint density at radius 3 is 0.667 bits per heavy atom. The predicted octanol–water partition coefficient (Wildman–Crippen LogP) is 25.1. The maximum Gasteiger partial charge on any atom is 0.472 e. The van der Waals surface area contributed by atoms with Crippen LogP contribution in [-0.2, 0) is 65.4 Å². The summed E-state index contributed by atoms with van der Waals surface area (Å²) < 4.78 is 68.7. The first-order chi connectivity index (χ1) is 49.4. The van der Waals surface area contributed by atoms with Crippen molar-refractivity contribution in [3.05, 3.63) is 0 Å².